The summed E-state index contributed by atoms with van der Waals surface area (Å²) in [6.45, 7) is 4.03. The van der Waals surface area contributed by atoms with E-state index in [1.807, 2.05) is 19.9 Å². The molecule has 1 N–H and O–H groups in total. The highest BCUT2D eigenvalue weighted by atomic mass is 16.4. The molecule has 132 valence electrons. The Labute approximate surface area is 144 Å². The summed E-state index contributed by atoms with van der Waals surface area (Å²) < 4.78 is 10.9. The fourth-order valence-electron chi connectivity index (χ4n) is 3.02. The minimum absolute atomic E-state index is 0.0839. The molecule has 0 aliphatic rings. The van der Waals surface area contributed by atoms with Crippen LogP contribution in [-0.2, 0) is 11.2 Å². The molecule has 1 amide bonds. The van der Waals surface area contributed by atoms with Gasteiger partial charge in [0.15, 0.2) is 0 Å². The highest BCUT2D eigenvalue weighted by molar-refractivity contribution is 5.96. The lowest BCUT2D eigenvalue weighted by Crippen LogP contribution is -2.30. The van der Waals surface area contributed by atoms with Gasteiger partial charge in [-0.3, -0.25) is 4.79 Å². The number of amides is 1. The summed E-state index contributed by atoms with van der Waals surface area (Å²) in [5, 5.41) is 10.7. The van der Waals surface area contributed by atoms with E-state index in [1.54, 1.807) is 19.4 Å². The topological polar surface area (TPSA) is 83.9 Å². The van der Waals surface area contributed by atoms with Gasteiger partial charge in [-0.05, 0) is 37.5 Å². The lowest BCUT2D eigenvalue weighted by Gasteiger charge is -2.15. The van der Waals surface area contributed by atoms with E-state index in [2.05, 4.69) is 0 Å². The number of aliphatic hydroxyl groups is 1. The second kappa shape index (κ2) is 6.72. The zero-order valence-electron chi connectivity index (χ0n) is 14.6. The van der Waals surface area contributed by atoms with Gasteiger partial charge in [-0.15, -0.1) is 0 Å². The van der Waals surface area contributed by atoms with Crippen molar-refractivity contribution in [1.82, 2.24) is 4.90 Å². The first kappa shape index (κ1) is 17.2. The highest BCUT2D eigenvalue weighted by Gasteiger charge is 2.16. The van der Waals surface area contributed by atoms with Gasteiger partial charge in [0.1, 0.15) is 11.2 Å². The fourth-order valence-corrected chi connectivity index (χ4v) is 3.02. The first-order valence-corrected chi connectivity index (χ1v) is 8.21. The van der Waals surface area contributed by atoms with Crippen LogP contribution in [-0.4, -0.2) is 36.1 Å². The number of carbonyl (C=O) groups is 1. The molecule has 1 aromatic carbocycles. The van der Waals surface area contributed by atoms with E-state index in [0.29, 0.717) is 23.2 Å². The number of fused-ring (bicyclic) bond motifs is 2. The Morgan fingerprint density at radius 3 is 2.68 bits per heavy atom. The predicted molar refractivity (Wildman–Crippen MR) is 94.8 cm³/mol. The minimum atomic E-state index is -0.426. The second-order valence-corrected chi connectivity index (χ2v) is 6.30. The first-order valence-electron chi connectivity index (χ1n) is 8.21. The average Bonchev–Trinajstić information content (AvgIpc) is 2.93. The Morgan fingerprint density at radius 1 is 1.20 bits per heavy atom. The maximum atomic E-state index is 12.3. The standard InChI is InChI=1S/C19H21NO5/c1-11-10-24-16-9-17-15(8-14(11)16)12(2)13(19(23)25-17)4-5-18(22)20(3)6-7-21/h8-10,21H,4-7H2,1-3H3. The number of carbonyl (C=O) groups excluding carboxylic acids is 1. The molecule has 0 saturated carbocycles. The van der Waals surface area contributed by atoms with Crippen molar-refractivity contribution in [1.29, 1.82) is 0 Å². The Hall–Kier alpha value is -2.60. The van der Waals surface area contributed by atoms with Crippen LogP contribution < -0.4 is 5.63 Å². The molecular formula is C19H21NO5. The van der Waals surface area contributed by atoms with Crippen LogP contribution in [0.25, 0.3) is 21.9 Å². The van der Waals surface area contributed by atoms with Crippen LogP contribution in [0.3, 0.4) is 0 Å². The quantitative estimate of drug-likeness (QED) is 0.720. The van der Waals surface area contributed by atoms with Crippen molar-refractivity contribution in [2.45, 2.75) is 26.7 Å². The predicted octanol–water partition coefficient (Wildman–Crippen LogP) is 2.54. The third-order valence-corrected chi connectivity index (χ3v) is 4.63. The van der Waals surface area contributed by atoms with Gasteiger partial charge in [0.2, 0.25) is 5.91 Å². The number of hydrogen-bond acceptors (Lipinski definition) is 5. The summed E-state index contributed by atoms with van der Waals surface area (Å²) in [6.07, 6.45) is 2.18. The molecular weight excluding hydrogens is 322 g/mol. The molecule has 0 aliphatic heterocycles. The van der Waals surface area contributed by atoms with Crippen LogP contribution in [0.5, 0.6) is 0 Å². The monoisotopic (exact) mass is 343 g/mol. The van der Waals surface area contributed by atoms with Gasteiger partial charge in [0, 0.05) is 42.4 Å². The van der Waals surface area contributed by atoms with E-state index in [4.69, 9.17) is 13.9 Å². The molecule has 0 fully saturated rings. The van der Waals surface area contributed by atoms with Crippen LogP contribution in [0.1, 0.15) is 23.1 Å². The maximum absolute atomic E-state index is 12.3. The lowest BCUT2D eigenvalue weighted by atomic mass is 10.0. The number of likely N-dealkylation sites (N-methyl/N-ethyl adjacent to an activating group) is 1. The zero-order valence-corrected chi connectivity index (χ0v) is 14.6. The summed E-state index contributed by atoms with van der Waals surface area (Å²) in [7, 11) is 1.63. The number of hydrogen-bond donors (Lipinski definition) is 1. The van der Waals surface area contributed by atoms with Crippen LogP contribution >= 0.6 is 0 Å². The Morgan fingerprint density at radius 2 is 1.96 bits per heavy atom. The van der Waals surface area contributed by atoms with E-state index in [9.17, 15) is 9.59 Å². The number of nitrogens with zero attached hydrogens (tertiary/aromatic N) is 1. The minimum Gasteiger partial charge on any atom is -0.464 e. The molecule has 0 unspecified atom stereocenters. The summed E-state index contributed by atoms with van der Waals surface area (Å²) in [5.41, 5.74) is 3.10. The van der Waals surface area contributed by atoms with Gasteiger partial charge in [0.05, 0.1) is 12.9 Å². The lowest BCUT2D eigenvalue weighted by molar-refractivity contribution is -0.130. The number of aliphatic hydroxyl groups excluding tert-OH is 1. The van der Waals surface area contributed by atoms with Gasteiger partial charge in [-0.25, -0.2) is 4.79 Å². The molecule has 0 bridgehead atoms. The van der Waals surface area contributed by atoms with Gasteiger partial charge in [0.25, 0.3) is 0 Å². The summed E-state index contributed by atoms with van der Waals surface area (Å²) in [4.78, 5) is 25.8. The molecule has 0 saturated heterocycles. The van der Waals surface area contributed by atoms with E-state index in [-0.39, 0.29) is 25.5 Å². The first-order chi connectivity index (χ1) is 11.9. The van der Waals surface area contributed by atoms with Crippen molar-refractivity contribution in [2.75, 3.05) is 20.2 Å². The SMILES string of the molecule is Cc1coc2cc3oc(=O)c(CCC(=O)N(C)CCO)c(C)c3cc12. The Bertz CT molecular complexity index is 998. The fraction of sp³-hybridized carbons (Fsp3) is 0.368. The van der Waals surface area contributed by atoms with Crippen molar-refractivity contribution in [3.05, 3.63) is 45.5 Å². The van der Waals surface area contributed by atoms with Gasteiger partial charge in [-0.2, -0.15) is 0 Å². The normalized spacial score (nSPS) is 11.4. The molecule has 6 nitrogen and oxygen atoms in total. The van der Waals surface area contributed by atoms with Crippen LogP contribution in [0.15, 0.2) is 32.0 Å². The largest absolute Gasteiger partial charge is 0.464 e. The number of rotatable bonds is 5. The van der Waals surface area contributed by atoms with E-state index < -0.39 is 5.63 Å². The molecule has 2 aromatic heterocycles. The van der Waals surface area contributed by atoms with Gasteiger partial charge >= 0.3 is 5.63 Å². The number of aryl methyl sites for hydroxylation is 2. The van der Waals surface area contributed by atoms with Crippen LogP contribution in [0, 0.1) is 13.8 Å². The van der Waals surface area contributed by atoms with Crippen molar-refractivity contribution < 1.29 is 18.7 Å². The van der Waals surface area contributed by atoms with Crippen molar-refractivity contribution in [3.8, 4) is 0 Å². The van der Waals surface area contributed by atoms with Crippen molar-refractivity contribution in [3.63, 3.8) is 0 Å². The third kappa shape index (κ3) is 3.17. The molecule has 3 aromatic rings. The van der Waals surface area contributed by atoms with Crippen LogP contribution in [0.2, 0.25) is 0 Å². The van der Waals surface area contributed by atoms with Gasteiger partial charge < -0.3 is 18.8 Å². The molecule has 0 atom stereocenters. The Balaban J connectivity index is 1.98. The molecule has 25 heavy (non-hydrogen) atoms. The van der Waals surface area contributed by atoms with E-state index in [1.165, 1.54) is 4.90 Å². The molecule has 2 heterocycles. The Kier molecular flexibility index (Phi) is 4.63. The number of benzene rings is 1. The summed E-state index contributed by atoms with van der Waals surface area (Å²) in [6, 6.07) is 3.70. The van der Waals surface area contributed by atoms with E-state index in [0.717, 1.165) is 21.9 Å². The molecule has 3 rings (SSSR count). The van der Waals surface area contributed by atoms with Crippen molar-refractivity contribution >= 4 is 27.8 Å². The molecule has 6 heteroatoms. The molecule has 0 radical (unpaired) electrons. The third-order valence-electron chi connectivity index (χ3n) is 4.63. The smallest absolute Gasteiger partial charge is 0.339 e. The molecule has 0 spiro atoms. The zero-order chi connectivity index (χ0) is 18.1. The second-order valence-electron chi connectivity index (χ2n) is 6.30. The van der Waals surface area contributed by atoms with Crippen LogP contribution in [0.4, 0.5) is 0 Å². The summed E-state index contributed by atoms with van der Waals surface area (Å²) >= 11 is 0. The van der Waals surface area contributed by atoms with Crippen molar-refractivity contribution in [2.24, 2.45) is 0 Å². The maximum Gasteiger partial charge on any atom is 0.339 e. The number of furan rings is 1. The molecule has 0 aliphatic carbocycles. The average molecular weight is 343 g/mol. The highest BCUT2D eigenvalue weighted by Crippen LogP contribution is 2.29. The van der Waals surface area contributed by atoms with Gasteiger partial charge in [-0.1, -0.05) is 0 Å². The summed E-state index contributed by atoms with van der Waals surface area (Å²) in [5.74, 6) is -0.117. The van der Waals surface area contributed by atoms with E-state index >= 15 is 0 Å².